The van der Waals surface area contributed by atoms with Gasteiger partial charge >= 0.3 is 10.2 Å². The van der Waals surface area contributed by atoms with Crippen molar-refractivity contribution in [1.29, 1.82) is 0 Å². The zero-order valence-corrected chi connectivity index (χ0v) is 22.9. The zero-order chi connectivity index (χ0) is 28.3. The number of rotatable bonds is 8. The van der Waals surface area contributed by atoms with Crippen LogP contribution in [0.5, 0.6) is 5.75 Å². The van der Waals surface area contributed by atoms with Crippen molar-refractivity contribution in [3.8, 4) is 16.9 Å². The number of hydrogen-bond donors (Lipinski definition) is 3. The first kappa shape index (κ1) is 28.4. The molecule has 0 saturated carbocycles. The molecule has 0 bridgehead atoms. The molecular weight excluding hydrogens is 592 g/mol. The molecule has 0 radical (unpaired) electrons. The molecule has 0 saturated heterocycles. The van der Waals surface area contributed by atoms with Crippen LogP contribution >= 0.6 is 34.8 Å². The van der Waals surface area contributed by atoms with Gasteiger partial charge in [-0.3, -0.25) is 4.79 Å². The fraction of sp³-hybridized carbons (Fsp3) is 0.0800. The van der Waals surface area contributed by atoms with Crippen LogP contribution in [0, 0.1) is 0 Å². The van der Waals surface area contributed by atoms with Crippen LogP contribution in [0.2, 0.25) is 15.1 Å². The molecule has 4 aromatic rings. The Morgan fingerprint density at radius 1 is 0.923 bits per heavy atom. The summed E-state index contributed by atoms with van der Waals surface area (Å²) < 4.78 is 40.8. The third-order valence-electron chi connectivity index (χ3n) is 5.45. The minimum Gasteiger partial charge on any atom is -0.486 e. The normalized spacial score (nSPS) is 11.3. The van der Waals surface area contributed by atoms with E-state index < -0.39 is 21.0 Å². The number of carbonyl (C=O) groups excluding carboxylic acids is 1. The maximum absolute atomic E-state index is 13.0. The van der Waals surface area contributed by atoms with Gasteiger partial charge < -0.3 is 21.5 Å². The number of nitrogens with zero attached hydrogens (tertiary/aromatic N) is 2. The van der Waals surface area contributed by atoms with Crippen LogP contribution in [0.4, 0.5) is 15.7 Å². The van der Waals surface area contributed by atoms with Gasteiger partial charge in [0.05, 0.1) is 25.7 Å². The third-order valence-corrected chi connectivity index (χ3v) is 7.32. The number of nitrogens with two attached hydrogens (primary N) is 2. The van der Waals surface area contributed by atoms with Gasteiger partial charge in [-0.25, -0.2) is 4.98 Å². The first-order valence-corrected chi connectivity index (χ1v) is 13.6. The fourth-order valence-corrected chi connectivity index (χ4v) is 4.60. The SMILES string of the molecule is Nc1nc(N)c(-c2ccc(Cl)c(Cl)c2)c(COc2ccc(CNC(=O)c3ccc(S(=O)(=O)F)cc3)cc2Cl)n1. The van der Waals surface area contributed by atoms with E-state index in [9.17, 15) is 17.1 Å². The molecule has 0 unspecified atom stereocenters. The Kier molecular flexibility index (Phi) is 8.45. The maximum atomic E-state index is 13.0. The summed E-state index contributed by atoms with van der Waals surface area (Å²) in [5.74, 6) is -0.0423. The van der Waals surface area contributed by atoms with Crippen LogP contribution < -0.4 is 21.5 Å². The lowest BCUT2D eigenvalue weighted by Gasteiger charge is -2.15. The number of anilines is 2. The lowest BCUT2D eigenvalue weighted by Crippen LogP contribution is -2.22. The van der Waals surface area contributed by atoms with E-state index in [-0.39, 0.29) is 35.5 Å². The largest absolute Gasteiger partial charge is 0.486 e. The van der Waals surface area contributed by atoms with Gasteiger partial charge in [-0.2, -0.15) is 13.4 Å². The molecular formula is C25H19Cl3FN5O4S. The average Bonchev–Trinajstić information content (AvgIpc) is 2.88. The van der Waals surface area contributed by atoms with Crippen molar-refractivity contribution in [2.45, 2.75) is 18.0 Å². The number of aromatic nitrogens is 2. The van der Waals surface area contributed by atoms with E-state index >= 15 is 0 Å². The van der Waals surface area contributed by atoms with Crippen LogP contribution in [0.15, 0.2) is 65.6 Å². The predicted octanol–water partition coefficient (Wildman–Crippen LogP) is 5.44. The standard InChI is InChI=1S/C25H19Cl3FN5O4S/c26-17-7-4-15(10-18(17)27)22-20(33-25(31)34-23(22)30)12-38-21-8-1-13(9-19(21)28)11-32-24(35)14-2-5-16(6-3-14)39(29,36)37/h1-10H,11-12H2,(H,32,35)(H4,30,31,33,34). The highest BCUT2D eigenvalue weighted by Gasteiger charge is 2.17. The number of ether oxygens (including phenoxy) is 1. The van der Waals surface area contributed by atoms with E-state index in [2.05, 4.69) is 15.3 Å². The lowest BCUT2D eigenvalue weighted by molar-refractivity contribution is 0.0950. The Labute approximate surface area is 238 Å². The molecule has 0 fully saturated rings. The molecule has 0 aliphatic heterocycles. The van der Waals surface area contributed by atoms with Gasteiger partial charge in [0.1, 0.15) is 18.2 Å². The summed E-state index contributed by atoms with van der Waals surface area (Å²) in [6.45, 7) is 0.0648. The van der Waals surface area contributed by atoms with Crippen molar-refractivity contribution in [2.24, 2.45) is 0 Å². The summed E-state index contributed by atoms with van der Waals surface area (Å²) in [6, 6.07) is 14.4. The van der Waals surface area contributed by atoms with E-state index in [0.717, 1.165) is 12.1 Å². The molecule has 0 aliphatic rings. The Bertz CT molecular complexity index is 1670. The van der Waals surface area contributed by atoms with E-state index in [4.69, 9.17) is 51.0 Å². The third kappa shape index (κ3) is 6.87. The molecule has 3 aromatic carbocycles. The van der Waals surface area contributed by atoms with Gasteiger partial charge in [0.2, 0.25) is 5.95 Å². The highest BCUT2D eigenvalue weighted by molar-refractivity contribution is 7.86. The second-order valence-corrected chi connectivity index (χ2v) is 10.7. The Morgan fingerprint density at radius 3 is 2.28 bits per heavy atom. The van der Waals surface area contributed by atoms with E-state index in [1.807, 2.05) is 0 Å². The van der Waals surface area contributed by atoms with Crippen molar-refractivity contribution < 1.29 is 21.8 Å². The number of carbonyl (C=O) groups is 1. The first-order chi connectivity index (χ1) is 18.4. The fourth-order valence-electron chi connectivity index (χ4n) is 3.59. The van der Waals surface area contributed by atoms with Crippen LogP contribution in [-0.2, 0) is 23.4 Å². The zero-order valence-electron chi connectivity index (χ0n) is 19.8. The van der Waals surface area contributed by atoms with Gasteiger partial charge in [0.15, 0.2) is 0 Å². The lowest BCUT2D eigenvalue weighted by atomic mass is 10.0. The summed E-state index contributed by atoms with van der Waals surface area (Å²) in [5, 5.41) is 3.65. The van der Waals surface area contributed by atoms with Gasteiger partial charge in [0, 0.05) is 17.7 Å². The summed E-state index contributed by atoms with van der Waals surface area (Å²) >= 11 is 18.6. The molecule has 0 spiro atoms. The number of halogens is 4. The smallest absolute Gasteiger partial charge is 0.332 e. The molecule has 1 heterocycles. The van der Waals surface area contributed by atoms with Crippen molar-refractivity contribution >= 4 is 62.7 Å². The monoisotopic (exact) mass is 609 g/mol. The predicted molar refractivity (Wildman–Crippen MR) is 148 cm³/mol. The average molecular weight is 611 g/mol. The number of nitrogens with one attached hydrogen (secondary N) is 1. The van der Waals surface area contributed by atoms with Crippen LogP contribution in [-0.4, -0.2) is 24.3 Å². The van der Waals surface area contributed by atoms with E-state index in [1.165, 1.54) is 12.1 Å². The summed E-state index contributed by atoms with van der Waals surface area (Å²) in [7, 11) is -4.84. The molecule has 1 amide bonds. The minimum atomic E-state index is -4.84. The molecule has 9 nitrogen and oxygen atoms in total. The highest BCUT2D eigenvalue weighted by Crippen LogP contribution is 2.34. The van der Waals surface area contributed by atoms with Crippen molar-refractivity contribution in [2.75, 3.05) is 11.5 Å². The van der Waals surface area contributed by atoms with Crippen molar-refractivity contribution in [1.82, 2.24) is 15.3 Å². The van der Waals surface area contributed by atoms with E-state index in [0.29, 0.717) is 38.2 Å². The second-order valence-electron chi connectivity index (χ2n) is 8.12. The Balaban J connectivity index is 1.45. The summed E-state index contributed by atoms with van der Waals surface area (Å²) in [4.78, 5) is 20.1. The topological polar surface area (TPSA) is 150 Å². The quantitative estimate of drug-likeness (QED) is 0.223. The molecule has 4 rings (SSSR count). The number of hydrogen-bond acceptors (Lipinski definition) is 8. The van der Waals surface area contributed by atoms with Crippen LogP contribution in [0.25, 0.3) is 11.1 Å². The first-order valence-electron chi connectivity index (χ1n) is 11.0. The minimum absolute atomic E-state index is 0.0342. The van der Waals surface area contributed by atoms with Gasteiger partial charge in [-0.1, -0.05) is 46.9 Å². The van der Waals surface area contributed by atoms with E-state index in [1.54, 1.807) is 36.4 Å². The van der Waals surface area contributed by atoms with Crippen LogP contribution in [0.3, 0.4) is 0 Å². The molecule has 14 heteroatoms. The number of amides is 1. The van der Waals surface area contributed by atoms with Crippen molar-refractivity contribution in [3.05, 3.63) is 92.6 Å². The van der Waals surface area contributed by atoms with Crippen molar-refractivity contribution in [3.63, 3.8) is 0 Å². The second kappa shape index (κ2) is 11.6. The number of benzene rings is 3. The molecule has 39 heavy (non-hydrogen) atoms. The summed E-state index contributed by atoms with van der Waals surface area (Å²) in [6.07, 6.45) is 0. The molecule has 0 aliphatic carbocycles. The molecule has 202 valence electrons. The summed E-state index contributed by atoms with van der Waals surface area (Å²) in [5.41, 5.74) is 14.2. The van der Waals surface area contributed by atoms with Gasteiger partial charge in [-0.05, 0) is 59.7 Å². The molecule has 0 atom stereocenters. The molecule has 5 N–H and O–H groups in total. The Hall–Kier alpha value is -3.64. The Morgan fingerprint density at radius 2 is 1.64 bits per heavy atom. The van der Waals surface area contributed by atoms with Crippen LogP contribution in [0.1, 0.15) is 21.6 Å². The number of nitrogen functional groups attached to an aromatic ring is 2. The highest BCUT2D eigenvalue weighted by atomic mass is 35.5. The van der Waals surface area contributed by atoms with Gasteiger partial charge in [-0.15, -0.1) is 3.89 Å². The van der Waals surface area contributed by atoms with Gasteiger partial charge in [0.25, 0.3) is 5.91 Å². The molecule has 1 aromatic heterocycles. The maximum Gasteiger partial charge on any atom is 0.332 e.